The zero-order valence-corrected chi connectivity index (χ0v) is 25.8. The van der Waals surface area contributed by atoms with Crippen molar-refractivity contribution in [2.24, 2.45) is 0 Å². The third kappa shape index (κ3) is 5.01. The number of aromatic nitrogens is 4. The van der Waals surface area contributed by atoms with Crippen molar-refractivity contribution in [1.82, 2.24) is 30.0 Å². The lowest BCUT2D eigenvalue weighted by Crippen LogP contribution is -2.44. The van der Waals surface area contributed by atoms with Crippen LogP contribution in [0, 0.1) is 11.6 Å². The first kappa shape index (κ1) is 29.7. The summed E-state index contributed by atoms with van der Waals surface area (Å²) in [6.07, 6.45) is 2.89. The number of benzene rings is 1. The molecule has 46 heavy (non-hydrogen) atoms. The van der Waals surface area contributed by atoms with E-state index in [1.165, 1.54) is 24.5 Å². The van der Waals surface area contributed by atoms with Crippen LogP contribution in [0.5, 0.6) is 5.75 Å². The van der Waals surface area contributed by atoms with Gasteiger partial charge in [0.1, 0.15) is 41.1 Å². The van der Waals surface area contributed by atoms with Gasteiger partial charge in [0.2, 0.25) is 5.91 Å². The molecule has 0 saturated carbocycles. The Kier molecular flexibility index (Phi) is 7.57. The first-order chi connectivity index (χ1) is 22.3. The van der Waals surface area contributed by atoms with Gasteiger partial charge in [0.15, 0.2) is 0 Å². The summed E-state index contributed by atoms with van der Waals surface area (Å²) >= 11 is 1.38. The number of hydrogen-bond donors (Lipinski definition) is 1. The van der Waals surface area contributed by atoms with Gasteiger partial charge in [-0.05, 0) is 36.6 Å². The second-order valence-electron chi connectivity index (χ2n) is 11.1. The minimum atomic E-state index is -0.818. The molecular weight excluding hydrogens is 614 g/mol. The minimum Gasteiger partial charge on any atom is -0.490 e. The molecule has 2 aliphatic rings. The molecule has 0 fully saturated rings. The maximum absolute atomic E-state index is 16.0. The molecule has 10 nitrogen and oxygen atoms in total. The topological polar surface area (TPSA) is 111 Å². The molecule has 5 aromatic rings. The summed E-state index contributed by atoms with van der Waals surface area (Å²) in [6, 6.07) is 7.43. The Morgan fingerprint density at radius 3 is 2.83 bits per heavy atom. The van der Waals surface area contributed by atoms with E-state index < -0.39 is 11.6 Å². The molecule has 0 saturated heterocycles. The molecule has 6 heterocycles. The largest absolute Gasteiger partial charge is 0.490 e. The van der Waals surface area contributed by atoms with Crippen LogP contribution in [0.25, 0.3) is 43.9 Å². The zero-order chi connectivity index (χ0) is 32.1. The SMILES string of the molecule is C=CC(=O)N1Cc2cc(-c3nc(-c4cnc5c(c4)CNC5=O)c4ccsc4c3-c3c(F)cc(F)cc3OCCOC)nn2CC1C. The first-order valence-corrected chi connectivity index (χ1v) is 15.4. The number of amides is 2. The van der Waals surface area contributed by atoms with E-state index in [1.54, 1.807) is 11.1 Å². The van der Waals surface area contributed by atoms with Crippen LogP contribution in [0.2, 0.25) is 0 Å². The molecule has 234 valence electrons. The van der Waals surface area contributed by atoms with Crippen molar-refractivity contribution in [3.8, 4) is 39.5 Å². The maximum Gasteiger partial charge on any atom is 0.270 e. The summed E-state index contributed by atoms with van der Waals surface area (Å²) in [7, 11) is 1.51. The Balaban J connectivity index is 1.48. The molecule has 1 N–H and O–H groups in total. The normalized spacial score (nSPS) is 15.5. The fraction of sp³-hybridized carbons (Fsp3) is 0.242. The van der Waals surface area contributed by atoms with Crippen LogP contribution in [-0.4, -0.2) is 62.8 Å². The fourth-order valence-electron chi connectivity index (χ4n) is 5.99. The van der Waals surface area contributed by atoms with E-state index in [-0.39, 0.29) is 42.4 Å². The zero-order valence-electron chi connectivity index (χ0n) is 25.0. The maximum atomic E-state index is 16.0. The summed E-state index contributed by atoms with van der Waals surface area (Å²) in [5.41, 5.74) is 4.34. The first-order valence-electron chi connectivity index (χ1n) is 14.6. The van der Waals surface area contributed by atoms with Gasteiger partial charge in [-0.25, -0.2) is 13.8 Å². The number of ether oxygens (including phenoxy) is 2. The third-order valence-corrected chi connectivity index (χ3v) is 9.11. The summed E-state index contributed by atoms with van der Waals surface area (Å²) in [5.74, 6) is -2.02. The van der Waals surface area contributed by atoms with E-state index in [4.69, 9.17) is 19.6 Å². The van der Waals surface area contributed by atoms with Gasteiger partial charge in [-0.2, -0.15) is 5.10 Å². The minimum absolute atomic E-state index is 0.00387. The van der Waals surface area contributed by atoms with Crippen LogP contribution in [0.4, 0.5) is 8.78 Å². The van der Waals surface area contributed by atoms with Crippen LogP contribution >= 0.6 is 11.3 Å². The number of carbonyl (C=O) groups is 2. The van der Waals surface area contributed by atoms with Crippen molar-refractivity contribution in [2.75, 3.05) is 20.3 Å². The summed E-state index contributed by atoms with van der Waals surface area (Å²) < 4.78 is 44.1. The quantitative estimate of drug-likeness (QED) is 0.179. The van der Waals surface area contributed by atoms with Crippen LogP contribution in [0.1, 0.15) is 28.7 Å². The van der Waals surface area contributed by atoms with Gasteiger partial charge in [-0.15, -0.1) is 11.3 Å². The Morgan fingerprint density at radius 1 is 1.17 bits per heavy atom. The molecule has 0 aliphatic carbocycles. The highest BCUT2D eigenvalue weighted by Crippen LogP contribution is 2.47. The average molecular weight is 643 g/mol. The number of nitrogens with zero attached hydrogens (tertiary/aromatic N) is 5. The van der Waals surface area contributed by atoms with Crippen molar-refractivity contribution in [1.29, 1.82) is 0 Å². The van der Waals surface area contributed by atoms with Crippen molar-refractivity contribution in [2.45, 2.75) is 32.6 Å². The number of halogens is 2. The van der Waals surface area contributed by atoms with Crippen LogP contribution in [0.15, 0.2) is 54.6 Å². The predicted octanol–water partition coefficient (Wildman–Crippen LogP) is 5.35. The predicted molar refractivity (Wildman–Crippen MR) is 168 cm³/mol. The number of thiophene rings is 1. The Labute approximate surface area is 266 Å². The highest BCUT2D eigenvalue weighted by Gasteiger charge is 2.31. The van der Waals surface area contributed by atoms with Crippen LogP contribution < -0.4 is 10.1 Å². The number of hydrogen-bond acceptors (Lipinski definition) is 8. The molecule has 1 aromatic carbocycles. The lowest BCUT2D eigenvalue weighted by atomic mass is 9.96. The number of fused-ring (bicyclic) bond motifs is 3. The van der Waals surface area contributed by atoms with E-state index in [1.807, 2.05) is 35.2 Å². The second kappa shape index (κ2) is 11.7. The molecule has 1 atom stereocenters. The van der Waals surface area contributed by atoms with E-state index in [2.05, 4.69) is 16.9 Å². The van der Waals surface area contributed by atoms with Gasteiger partial charge in [0.25, 0.3) is 5.91 Å². The van der Waals surface area contributed by atoms with Crippen molar-refractivity contribution < 1.29 is 27.8 Å². The van der Waals surface area contributed by atoms with E-state index in [0.29, 0.717) is 58.2 Å². The highest BCUT2D eigenvalue weighted by atomic mass is 32.1. The standard InChI is InChI=1S/C33H28F2N6O4S/c1-4-26(42)40-16-21-12-24(39-41(21)15-17(40)2)31-28(27-23(35)10-20(34)11-25(27)45-7-6-44-3)32-22(5-8-46-32)29(38-31)18-9-19-14-37-33(43)30(19)36-13-18/h4-5,8-13,17H,1,6-7,14-16H2,2-3H3,(H,37,43). The summed E-state index contributed by atoms with van der Waals surface area (Å²) in [4.78, 5) is 36.0. The van der Waals surface area contributed by atoms with E-state index >= 15 is 4.39 Å². The van der Waals surface area contributed by atoms with Gasteiger partial charge < -0.3 is 19.7 Å². The molecule has 0 spiro atoms. The Morgan fingerprint density at radius 2 is 2.02 bits per heavy atom. The van der Waals surface area contributed by atoms with Gasteiger partial charge in [0.05, 0.1) is 36.6 Å². The Bertz CT molecular complexity index is 2060. The number of pyridine rings is 2. The summed E-state index contributed by atoms with van der Waals surface area (Å²) in [6.45, 7) is 6.93. The molecule has 0 radical (unpaired) electrons. The summed E-state index contributed by atoms with van der Waals surface area (Å²) in [5, 5.41) is 10.3. The lowest BCUT2D eigenvalue weighted by Gasteiger charge is -2.33. The fourth-order valence-corrected chi connectivity index (χ4v) is 6.94. The number of rotatable bonds is 8. The van der Waals surface area contributed by atoms with Gasteiger partial charge in [-0.3, -0.25) is 19.3 Å². The van der Waals surface area contributed by atoms with Crippen molar-refractivity contribution in [3.05, 3.63) is 83.1 Å². The molecular formula is C33H28F2N6O4S. The van der Waals surface area contributed by atoms with Crippen molar-refractivity contribution in [3.63, 3.8) is 0 Å². The van der Waals surface area contributed by atoms with Gasteiger partial charge in [0, 0.05) is 64.8 Å². The highest BCUT2D eigenvalue weighted by molar-refractivity contribution is 7.18. The molecule has 7 rings (SSSR count). The lowest BCUT2D eigenvalue weighted by molar-refractivity contribution is -0.129. The van der Waals surface area contributed by atoms with Gasteiger partial charge in [-0.1, -0.05) is 6.58 Å². The van der Waals surface area contributed by atoms with E-state index in [0.717, 1.165) is 28.8 Å². The molecule has 4 aromatic heterocycles. The number of methoxy groups -OCH3 is 1. The third-order valence-electron chi connectivity index (χ3n) is 8.18. The van der Waals surface area contributed by atoms with Gasteiger partial charge >= 0.3 is 0 Å². The molecule has 1 unspecified atom stereocenters. The molecule has 2 amide bonds. The molecule has 0 bridgehead atoms. The average Bonchev–Trinajstić information content (AvgIpc) is 3.78. The van der Waals surface area contributed by atoms with Crippen molar-refractivity contribution >= 4 is 33.2 Å². The molecule has 2 aliphatic heterocycles. The number of nitrogens with one attached hydrogen (secondary N) is 1. The monoisotopic (exact) mass is 642 g/mol. The van der Waals surface area contributed by atoms with Crippen LogP contribution in [-0.2, 0) is 29.2 Å². The Hall–Kier alpha value is -5.01. The molecule has 13 heteroatoms. The van der Waals surface area contributed by atoms with E-state index in [9.17, 15) is 14.0 Å². The van der Waals surface area contributed by atoms with Crippen LogP contribution in [0.3, 0.4) is 0 Å². The smallest absolute Gasteiger partial charge is 0.270 e. The number of carbonyl (C=O) groups excluding carboxylic acids is 2. The second-order valence-corrected chi connectivity index (χ2v) is 12.0.